The molecule has 94 valence electrons. The molecule has 0 bridgehead atoms. The summed E-state index contributed by atoms with van der Waals surface area (Å²) in [5.41, 5.74) is 0. The van der Waals surface area contributed by atoms with E-state index < -0.39 is 0 Å². The molecule has 0 aliphatic carbocycles. The van der Waals surface area contributed by atoms with Crippen molar-refractivity contribution >= 4 is 17.2 Å². The molecule has 17 heavy (non-hydrogen) atoms. The Morgan fingerprint density at radius 3 is 3.18 bits per heavy atom. The maximum absolute atomic E-state index is 12.1. The highest BCUT2D eigenvalue weighted by molar-refractivity contribution is 7.09. The standard InChI is InChI=1S/C12H19N3OS/c1-2-9(12-14-7-8-17-12)15-11(16)10-5-3-4-6-13-10/h7-10,13H,2-6H2,1H3,(H,15,16)/t9?,10-/m0/s1. The second-order valence-electron chi connectivity index (χ2n) is 4.34. The minimum absolute atomic E-state index is 0.0160. The van der Waals surface area contributed by atoms with Gasteiger partial charge in [0.05, 0.1) is 12.1 Å². The SMILES string of the molecule is CCC(NC(=O)[C@@H]1CCCCN1)c1nccs1. The Balaban J connectivity index is 1.92. The Morgan fingerprint density at radius 1 is 1.71 bits per heavy atom. The molecule has 2 atom stereocenters. The maximum Gasteiger partial charge on any atom is 0.237 e. The molecular formula is C12H19N3OS. The first-order chi connectivity index (χ1) is 8.31. The number of nitrogens with one attached hydrogen (secondary N) is 2. The minimum atomic E-state index is -0.0160. The number of rotatable bonds is 4. The molecule has 1 aromatic heterocycles. The number of carbonyl (C=O) groups is 1. The predicted molar refractivity (Wildman–Crippen MR) is 68.9 cm³/mol. The van der Waals surface area contributed by atoms with Gasteiger partial charge in [-0.25, -0.2) is 4.98 Å². The largest absolute Gasteiger partial charge is 0.346 e. The van der Waals surface area contributed by atoms with E-state index in [4.69, 9.17) is 0 Å². The second-order valence-corrected chi connectivity index (χ2v) is 5.27. The average molecular weight is 253 g/mol. The van der Waals surface area contributed by atoms with Gasteiger partial charge in [0.2, 0.25) is 5.91 Å². The summed E-state index contributed by atoms with van der Waals surface area (Å²) in [5, 5.41) is 9.29. The molecule has 0 aromatic carbocycles. The zero-order chi connectivity index (χ0) is 12.1. The lowest BCUT2D eigenvalue weighted by molar-refractivity contribution is -0.124. The molecule has 2 N–H and O–H groups in total. The second kappa shape index (κ2) is 6.12. The maximum atomic E-state index is 12.1. The van der Waals surface area contributed by atoms with Crippen LogP contribution in [-0.2, 0) is 4.79 Å². The third-order valence-corrected chi connectivity index (χ3v) is 3.99. The fourth-order valence-electron chi connectivity index (χ4n) is 2.09. The van der Waals surface area contributed by atoms with Crippen LogP contribution in [0.25, 0.3) is 0 Å². The molecule has 1 aliphatic heterocycles. The van der Waals surface area contributed by atoms with Crippen LogP contribution in [-0.4, -0.2) is 23.5 Å². The van der Waals surface area contributed by atoms with Crippen LogP contribution in [0.5, 0.6) is 0 Å². The van der Waals surface area contributed by atoms with Crippen molar-refractivity contribution in [1.29, 1.82) is 0 Å². The number of nitrogens with zero attached hydrogens (tertiary/aromatic N) is 1. The van der Waals surface area contributed by atoms with E-state index >= 15 is 0 Å². The summed E-state index contributed by atoms with van der Waals surface area (Å²) < 4.78 is 0. The van der Waals surface area contributed by atoms with Crippen LogP contribution >= 0.6 is 11.3 Å². The van der Waals surface area contributed by atoms with Crippen LogP contribution in [0.1, 0.15) is 43.7 Å². The molecule has 1 amide bonds. The van der Waals surface area contributed by atoms with Crippen molar-refractivity contribution < 1.29 is 4.79 Å². The van der Waals surface area contributed by atoms with E-state index in [-0.39, 0.29) is 18.0 Å². The lowest BCUT2D eigenvalue weighted by atomic mass is 10.0. The summed E-state index contributed by atoms with van der Waals surface area (Å²) >= 11 is 1.60. The highest BCUT2D eigenvalue weighted by Gasteiger charge is 2.23. The van der Waals surface area contributed by atoms with Gasteiger partial charge in [0.25, 0.3) is 0 Å². The third-order valence-electron chi connectivity index (χ3n) is 3.10. The van der Waals surface area contributed by atoms with Crippen molar-refractivity contribution in [1.82, 2.24) is 15.6 Å². The van der Waals surface area contributed by atoms with Crippen LogP contribution in [0.4, 0.5) is 0 Å². The van der Waals surface area contributed by atoms with Crippen molar-refractivity contribution in [3.05, 3.63) is 16.6 Å². The molecule has 0 spiro atoms. The number of hydrogen-bond donors (Lipinski definition) is 2. The Hall–Kier alpha value is -0.940. The number of amides is 1. The van der Waals surface area contributed by atoms with Gasteiger partial charge in [-0.1, -0.05) is 13.3 Å². The molecule has 4 nitrogen and oxygen atoms in total. The van der Waals surface area contributed by atoms with Gasteiger partial charge in [-0.3, -0.25) is 4.79 Å². The lowest BCUT2D eigenvalue weighted by Crippen LogP contribution is -2.47. The Bertz CT molecular complexity index is 347. The quantitative estimate of drug-likeness (QED) is 0.861. The van der Waals surface area contributed by atoms with Crippen LogP contribution < -0.4 is 10.6 Å². The molecule has 1 fully saturated rings. The van der Waals surface area contributed by atoms with Gasteiger partial charge < -0.3 is 10.6 Å². The number of piperidine rings is 1. The van der Waals surface area contributed by atoms with Gasteiger partial charge in [-0.15, -0.1) is 11.3 Å². The third kappa shape index (κ3) is 3.26. The van der Waals surface area contributed by atoms with E-state index in [1.54, 1.807) is 17.5 Å². The first kappa shape index (κ1) is 12.5. The number of hydrogen-bond acceptors (Lipinski definition) is 4. The summed E-state index contributed by atoms with van der Waals surface area (Å²) in [4.78, 5) is 16.3. The molecule has 2 rings (SSSR count). The van der Waals surface area contributed by atoms with Gasteiger partial charge in [0.15, 0.2) is 0 Å². The fraction of sp³-hybridized carbons (Fsp3) is 0.667. The number of thiazole rings is 1. The summed E-state index contributed by atoms with van der Waals surface area (Å²) in [6.07, 6.45) is 5.92. The zero-order valence-electron chi connectivity index (χ0n) is 10.1. The number of carbonyl (C=O) groups excluding carboxylic acids is 1. The van der Waals surface area contributed by atoms with Gasteiger partial charge in [-0.2, -0.15) is 0 Å². The molecular weight excluding hydrogens is 234 g/mol. The van der Waals surface area contributed by atoms with E-state index in [9.17, 15) is 4.79 Å². The van der Waals surface area contributed by atoms with Crippen LogP contribution in [0.3, 0.4) is 0 Å². The van der Waals surface area contributed by atoms with E-state index in [2.05, 4.69) is 22.5 Å². The van der Waals surface area contributed by atoms with Crippen LogP contribution in [0.15, 0.2) is 11.6 Å². The summed E-state index contributed by atoms with van der Waals surface area (Å²) in [6.45, 7) is 3.02. The van der Waals surface area contributed by atoms with Crippen molar-refractivity contribution in [3.63, 3.8) is 0 Å². The van der Waals surface area contributed by atoms with Crippen LogP contribution in [0.2, 0.25) is 0 Å². The van der Waals surface area contributed by atoms with Crippen molar-refractivity contribution in [2.75, 3.05) is 6.54 Å². The van der Waals surface area contributed by atoms with Crippen molar-refractivity contribution in [2.24, 2.45) is 0 Å². The van der Waals surface area contributed by atoms with Crippen LogP contribution in [0, 0.1) is 0 Å². The fourth-order valence-corrected chi connectivity index (χ4v) is 2.87. The highest BCUT2D eigenvalue weighted by atomic mass is 32.1. The first-order valence-corrected chi connectivity index (χ1v) is 7.12. The molecule has 5 heteroatoms. The molecule has 1 aliphatic rings. The van der Waals surface area contributed by atoms with Gasteiger partial charge in [0.1, 0.15) is 5.01 Å². The minimum Gasteiger partial charge on any atom is -0.346 e. The summed E-state index contributed by atoms with van der Waals surface area (Å²) in [6, 6.07) is 0.0454. The zero-order valence-corrected chi connectivity index (χ0v) is 10.9. The first-order valence-electron chi connectivity index (χ1n) is 6.24. The van der Waals surface area contributed by atoms with Gasteiger partial charge in [-0.05, 0) is 25.8 Å². The lowest BCUT2D eigenvalue weighted by Gasteiger charge is -2.24. The number of aromatic nitrogens is 1. The monoisotopic (exact) mass is 253 g/mol. The topological polar surface area (TPSA) is 54.0 Å². The molecule has 1 unspecified atom stereocenters. The molecule has 0 radical (unpaired) electrons. The molecule has 1 saturated heterocycles. The average Bonchev–Trinajstić information content (AvgIpc) is 2.90. The van der Waals surface area contributed by atoms with E-state index in [0.29, 0.717) is 0 Å². The Morgan fingerprint density at radius 2 is 2.59 bits per heavy atom. The van der Waals surface area contributed by atoms with E-state index in [1.165, 1.54) is 6.42 Å². The van der Waals surface area contributed by atoms with Gasteiger partial charge >= 0.3 is 0 Å². The van der Waals surface area contributed by atoms with Gasteiger partial charge in [0, 0.05) is 11.6 Å². The predicted octanol–water partition coefficient (Wildman–Crippen LogP) is 1.85. The summed E-state index contributed by atoms with van der Waals surface area (Å²) in [5.74, 6) is 0.117. The Kier molecular flexibility index (Phi) is 4.50. The van der Waals surface area contributed by atoms with E-state index in [0.717, 1.165) is 30.8 Å². The molecule has 0 saturated carbocycles. The molecule has 1 aromatic rings. The van der Waals surface area contributed by atoms with E-state index in [1.807, 2.05) is 5.38 Å². The molecule has 2 heterocycles. The normalized spacial score (nSPS) is 22.1. The van der Waals surface area contributed by atoms with Crippen molar-refractivity contribution in [2.45, 2.75) is 44.7 Å². The van der Waals surface area contributed by atoms with Crippen molar-refractivity contribution in [3.8, 4) is 0 Å². The Labute approximate surface area is 106 Å². The smallest absolute Gasteiger partial charge is 0.237 e. The highest BCUT2D eigenvalue weighted by Crippen LogP contribution is 2.19. The summed E-state index contributed by atoms with van der Waals surface area (Å²) in [7, 11) is 0.